The van der Waals surface area contributed by atoms with E-state index in [0.717, 1.165) is 11.6 Å². The first kappa shape index (κ1) is 19.4. The molecule has 0 aliphatic rings. The Kier molecular flexibility index (Phi) is 4.98. The number of sulfone groups is 1. The van der Waals surface area contributed by atoms with Gasteiger partial charge >= 0.3 is 0 Å². The summed E-state index contributed by atoms with van der Waals surface area (Å²) in [6, 6.07) is 18.6. The van der Waals surface area contributed by atoms with Crippen LogP contribution in [0, 0.1) is 5.82 Å². The van der Waals surface area contributed by atoms with Crippen LogP contribution >= 0.6 is 11.6 Å². The average molecular weight is 428 g/mol. The van der Waals surface area contributed by atoms with E-state index in [2.05, 4.69) is 0 Å². The van der Waals surface area contributed by atoms with Crippen molar-refractivity contribution in [3.8, 4) is 0 Å². The molecule has 3 aromatic carbocycles. The van der Waals surface area contributed by atoms with Crippen LogP contribution in [0.1, 0.15) is 5.56 Å². The van der Waals surface area contributed by atoms with Crippen LogP contribution in [0.2, 0.25) is 5.02 Å². The van der Waals surface area contributed by atoms with Crippen molar-refractivity contribution >= 4 is 32.3 Å². The zero-order valence-corrected chi connectivity index (χ0v) is 16.6. The lowest BCUT2D eigenvalue weighted by Crippen LogP contribution is -2.19. The van der Waals surface area contributed by atoms with Gasteiger partial charge in [-0.2, -0.15) is 0 Å². The Balaban J connectivity index is 1.99. The Morgan fingerprint density at radius 2 is 1.69 bits per heavy atom. The molecule has 0 amide bonds. The molecule has 4 nitrogen and oxygen atoms in total. The molecular formula is C22H15ClFNO3S. The fourth-order valence-electron chi connectivity index (χ4n) is 3.22. The second kappa shape index (κ2) is 7.46. The summed E-state index contributed by atoms with van der Waals surface area (Å²) in [5, 5.41) is 0.542. The largest absolute Gasteiger partial charge is 0.341 e. The summed E-state index contributed by atoms with van der Waals surface area (Å²) in [5.74, 6) is -0.613. The van der Waals surface area contributed by atoms with E-state index in [-0.39, 0.29) is 16.8 Å². The first-order valence-electron chi connectivity index (χ1n) is 8.73. The van der Waals surface area contributed by atoms with Crippen molar-refractivity contribution in [2.24, 2.45) is 0 Å². The number of fused-ring (bicyclic) bond motifs is 1. The second-order valence-electron chi connectivity index (χ2n) is 6.56. The van der Waals surface area contributed by atoms with Crippen LogP contribution in [-0.4, -0.2) is 13.0 Å². The van der Waals surface area contributed by atoms with Crippen LogP contribution in [0.4, 0.5) is 4.39 Å². The molecule has 1 aromatic heterocycles. The van der Waals surface area contributed by atoms with E-state index < -0.39 is 26.0 Å². The second-order valence-corrected chi connectivity index (χ2v) is 8.91. The Bertz CT molecular complexity index is 1380. The standard InChI is InChI=1S/C22H15ClFNO3S/c23-16-6-4-5-15(11-16)13-25-14-21(29(27,28)18-7-2-1-3-8-18)22(26)19-12-17(24)9-10-20(19)25/h1-12,14H,13H2. The lowest BCUT2D eigenvalue weighted by molar-refractivity contribution is 0.593. The molecule has 146 valence electrons. The molecule has 4 rings (SSSR count). The summed E-state index contributed by atoms with van der Waals surface area (Å²) in [4.78, 5) is 12.6. The third-order valence-corrected chi connectivity index (χ3v) is 6.59. The number of rotatable bonds is 4. The van der Waals surface area contributed by atoms with Gasteiger partial charge in [-0.3, -0.25) is 4.79 Å². The minimum Gasteiger partial charge on any atom is -0.341 e. The zero-order chi connectivity index (χ0) is 20.6. The van der Waals surface area contributed by atoms with E-state index in [1.807, 2.05) is 6.07 Å². The fourth-order valence-corrected chi connectivity index (χ4v) is 4.83. The van der Waals surface area contributed by atoms with Crippen molar-refractivity contribution in [1.82, 2.24) is 4.57 Å². The monoisotopic (exact) mass is 427 g/mol. The topological polar surface area (TPSA) is 56.1 Å². The highest BCUT2D eigenvalue weighted by atomic mass is 35.5. The SMILES string of the molecule is O=c1c(S(=O)(=O)c2ccccc2)cn(Cc2cccc(Cl)c2)c2ccc(F)cc12. The molecule has 0 bridgehead atoms. The van der Waals surface area contributed by atoms with Gasteiger partial charge in [0.25, 0.3) is 0 Å². The van der Waals surface area contributed by atoms with Crippen molar-refractivity contribution in [3.63, 3.8) is 0 Å². The van der Waals surface area contributed by atoms with Gasteiger partial charge in [0.2, 0.25) is 15.3 Å². The van der Waals surface area contributed by atoms with Crippen LogP contribution in [0.25, 0.3) is 10.9 Å². The fraction of sp³-hybridized carbons (Fsp3) is 0.0455. The highest BCUT2D eigenvalue weighted by molar-refractivity contribution is 7.91. The molecule has 0 aliphatic heterocycles. The van der Waals surface area contributed by atoms with E-state index >= 15 is 0 Å². The smallest absolute Gasteiger partial charge is 0.211 e. The number of halogens is 2. The van der Waals surface area contributed by atoms with Crippen LogP contribution in [0.15, 0.2) is 93.6 Å². The predicted molar refractivity (Wildman–Crippen MR) is 111 cm³/mol. The van der Waals surface area contributed by atoms with Gasteiger partial charge in [0.05, 0.1) is 10.4 Å². The van der Waals surface area contributed by atoms with Crippen LogP contribution in [-0.2, 0) is 16.4 Å². The molecule has 0 spiro atoms. The molecular weight excluding hydrogens is 413 g/mol. The summed E-state index contributed by atoms with van der Waals surface area (Å²) < 4.78 is 41.7. The molecule has 0 atom stereocenters. The maximum atomic E-state index is 13.9. The number of pyridine rings is 1. The predicted octanol–water partition coefficient (Wildman–Crippen LogP) is 4.68. The van der Waals surface area contributed by atoms with Crippen molar-refractivity contribution in [2.45, 2.75) is 16.3 Å². The van der Waals surface area contributed by atoms with E-state index in [4.69, 9.17) is 11.6 Å². The lowest BCUT2D eigenvalue weighted by atomic mass is 10.1. The molecule has 0 saturated heterocycles. The van der Waals surface area contributed by atoms with Gasteiger partial charge in [0.15, 0.2) is 0 Å². The minimum absolute atomic E-state index is 0.00200. The molecule has 29 heavy (non-hydrogen) atoms. The maximum absolute atomic E-state index is 13.9. The molecule has 0 radical (unpaired) electrons. The van der Waals surface area contributed by atoms with Gasteiger partial charge in [-0.25, -0.2) is 12.8 Å². The van der Waals surface area contributed by atoms with Gasteiger partial charge < -0.3 is 4.57 Å². The van der Waals surface area contributed by atoms with E-state index in [1.54, 1.807) is 41.0 Å². The summed E-state index contributed by atoms with van der Waals surface area (Å²) in [6.45, 7) is 0.264. The Morgan fingerprint density at radius 1 is 0.931 bits per heavy atom. The average Bonchev–Trinajstić information content (AvgIpc) is 2.70. The molecule has 0 aliphatic carbocycles. The number of benzene rings is 3. The van der Waals surface area contributed by atoms with Gasteiger partial charge in [-0.1, -0.05) is 41.9 Å². The molecule has 0 fully saturated rings. The van der Waals surface area contributed by atoms with E-state index in [1.165, 1.54) is 30.5 Å². The van der Waals surface area contributed by atoms with E-state index in [9.17, 15) is 17.6 Å². The molecule has 7 heteroatoms. The number of hydrogen-bond donors (Lipinski definition) is 0. The molecule has 0 saturated carbocycles. The highest BCUT2D eigenvalue weighted by Gasteiger charge is 2.24. The molecule has 1 heterocycles. The van der Waals surface area contributed by atoms with Crippen molar-refractivity contribution in [2.75, 3.05) is 0 Å². The van der Waals surface area contributed by atoms with Crippen molar-refractivity contribution in [1.29, 1.82) is 0 Å². The summed E-state index contributed by atoms with van der Waals surface area (Å²) in [6.07, 6.45) is 1.31. The molecule has 0 unspecified atom stereocenters. The normalized spacial score (nSPS) is 11.7. The van der Waals surface area contributed by atoms with Gasteiger partial charge in [0.1, 0.15) is 10.7 Å². The van der Waals surface area contributed by atoms with Crippen molar-refractivity contribution in [3.05, 3.63) is 106 Å². The van der Waals surface area contributed by atoms with Gasteiger partial charge in [0, 0.05) is 23.2 Å². The Labute approximate surface area is 171 Å². The third kappa shape index (κ3) is 3.69. The summed E-state index contributed by atoms with van der Waals surface area (Å²) in [5.41, 5.74) is 0.518. The maximum Gasteiger partial charge on any atom is 0.211 e. The highest BCUT2D eigenvalue weighted by Crippen LogP contribution is 2.23. The van der Waals surface area contributed by atoms with Gasteiger partial charge in [-0.15, -0.1) is 0 Å². The van der Waals surface area contributed by atoms with Crippen LogP contribution in [0.5, 0.6) is 0 Å². The lowest BCUT2D eigenvalue weighted by Gasteiger charge is -2.14. The quantitative estimate of drug-likeness (QED) is 0.475. The number of hydrogen-bond acceptors (Lipinski definition) is 3. The molecule has 4 aromatic rings. The van der Waals surface area contributed by atoms with Crippen molar-refractivity contribution < 1.29 is 12.8 Å². The van der Waals surface area contributed by atoms with Crippen LogP contribution < -0.4 is 5.43 Å². The van der Waals surface area contributed by atoms with E-state index in [0.29, 0.717) is 10.5 Å². The Hall–Kier alpha value is -2.96. The molecule has 0 N–H and O–H groups in total. The summed E-state index contributed by atoms with van der Waals surface area (Å²) >= 11 is 6.05. The van der Waals surface area contributed by atoms with Crippen LogP contribution in [0.3, 0.4) is 0 Å². The zero-order valence-electron chi connectivity index (χ0n) is 15.0. The number of nitrogens with zero attached hydrogens (tertiary/aromatic N) is 1. The van der Waals surface area contributed by atoms with Gasteiger partial charge in [-0.05, 0) is 48.0 Å². The first-order valence-corrected chi connectivity index (χ1v) is 10.6. The number of aromatic nitrogens is 1. The first-order chi connectivity index (χ1) is 13.9. The third-order valence-electron chi connectivity index (χ3n) is 4.59. The minimum atomic E-state index is -4.08. The summed E-state index contributed by atoms with van der Waals surface area (Å²) in [7, 11) is -4.08. The Morgan fingerprint density at radius 3 is 2.41 bits per heavy atom.